The summed E-state index contributed by atoms with van der Waals surface area (Å²) >= 11 is 0. The van der Waals surface area contributed by atoms with Gasteiger partial charge in [-0.05, 0) is 31.0 Å². The van der Waals surface area contributed by atoms with Crippen molar-refractivity contribution in [1.82, 2.24) is 10.2 Å². The Labute approximate surface area is 117 Å². The van der Waals surface area contributed by atoms with Gasteiger partial charge in [0.1, 0.15) is 0 Å². The molecular formula is C13H17ClN4O. The summed E-state index contributed by atoms with van der Waals surface area (Å²) in [5.74, 6) is -0.0807. The smallest absolute Gasteiger partial charge is 0.244 e. The van der Waals surface area contributed by atoms with Crippen LogP contribution in [-0.4, -0.2) is 21.6 Å². The van der Waals surface area contributed by atoms with Crippen LogP contribution in [0.2, 0.25) is 0 Å². The average Bonchev–Trinajstić information content (AvgIpc) is 2.98. The molecule has 0 saturated heterocycles. The third-order valence-corrected chi connectivity index (χ3v) is 3.65. The van der Waals surface area contributed by atoms with E-state index in [0.29, 0.717) is 0 Å². The predicted octanol–water partition coefficient (Wildman–Crippen LogP) is 2.19. The van der Waals surface area contributed by atoms with Gasteiger partial charge < -0.3 is 11.1 Å². The van der Waals surface area contributed by atoms with Crippen molar-refractivity contribution in [2.24, 2.45) is 5.73 Å². The average molecular weight is 281 g/mol. The molecule has 1 amide bonds. The van der Waals surface area contributed by atoms with Gasteiger partial charge in [-0.25, -0.2) is 0 Å². The molecule has 19 heavy (non-hydrogen) atoms. The van der Waals surface area contributed by atoms with Crippen LogP contribution in [0.5, 0.6) is 0 Å². The van der Waals surface area contributed by atoms with E-state index in [1.54, 1.807) is 6.20 Å². The quantitative estimate of drug-likeness (QED) is 0.788. The molecule has 0 bridgehead atoms. The third kappa shape index (κ3) is 2.57. The van der Waals surface area contributed by atoms with Crippen LogP contribution < -0.4 is 11.1 Å². The van der Waals surface area contributed by atoms with Crippen LogP contribution in [-0.2, 0) is 4.79 Å². The molecule has 1 aliphatic rings. The summed E-state index contributed by atoms with van der Waals surface area (Å²) < 4.78 is 0. The van der Waals surface area contributed by atoms with Gasteiger partial charge in [0.05, 0.1) is 17.3 Å². The SMILES string of the molecule is Cl.NC1(C(=O)Nc2ccc3[nH]ncc3c2)CCCC1. The maximum Gasteiger partial charge on any atom is 0.244 e. The lowest BCUT2D eigenvalue weighted by Gasteiger charge is -2.22. The Morgan fingerprint density at radius 2 is 2.11 bits per heavy atom. The molecule has 3 rings (SSSR count). The van der Waals surface area contributed by atoms with E-state index in [1.165, 1.54) is 0 Å². The van der Waals surface area contributed by atoms with Crippen LogP contribution in [0.3, 0.4) is 0 Å². The predicted molar refractivity (Wildman–Crippen MR) is 77.4 cm³/mol. The molecule has 1 aromatic heterocycles. The number of rotatable bonds is 2. The molecule has 102 valence electrons. The molecule has 5 nitrogen and oxygen atoms in total. The highest BCUT2D eigenvalue weighted by Gasteiger charge is 2.36. The van der Waals surface area contributed by atoms with Crippen LogP contribution in [0, 0.1) is 0 Å². The number of nitrogens with two attached hydrogens (primary N) is 1. The van der Waals surface area contributed by atoms with Crippen LogP contribution in [0.4, 0.5) is 5.69 Å². The first-order chi connectivity index (χ1) is 8.67. The molecular weight excluding hydrogens is 264 g/mol. The Morgan fingerprint density at radius 1 is 1.37 bits per heavy atom. The molecule has 6 heteroatoms. The maximum absolute atomic E-state index is 12.2. The summed E-state index contributed by atoms with van der Waals surface area (Å²) in [6, 6.07) is 5.65. The van der Waals surface area contributed by atoms with Gasteiger partial charge in [-0.3, -0.25) is 9.89 Å². The van der Waals surface area contributed by atoms with Crippen molar-refractivity contribution in [3.05, 3.63) is 24.4 Å². The fraction of sp³-hybridized carbons (Fsp3) is 0.385. The number of halogens is 1. The van der Waals surface area contributed by atoms with E-state index in [0.717, 1.165) is 42.3 Å². The molecule has 0 radical (unpaired) electrons. The van der Waals surface area contributed by atoms with Gasteiger partial charge in [0, 0.05) is 11.1 Å². The second-order valence-corrected chi connectivity index (χ2v) is 4.99. The monoisotopic (exact) mass is 280 g/mol. The molecule has 1 heterocycles. The second kappa shape index (κ2) is 5.19. The number of nitrogens with one attached hydrogen (secondary N) is 2. The fourth-order valence-corrected chi connectivity index (χ4v) is 2.51. The summed E-state index contributed by atoms with van der Waals surface area (Å²) in [6.07, 6.45) is 5.34. The van der Waals surface area contributed by atoms with Crippen LogP contribution >= 0.6 is 12.4 Å². The topological polar surface area (TPSA) is 83.8 Å². The Hall–Kier alpha value is -1.59. The summed E-state index contributed by atoms with van der Waals surface area (Å²) in [5.41, 5.74) is 7.15. The molecule has 1 fully saturated rings. The Morgan fingerprint density at radius 3 is 2.84 bits per heavy atom. The number of fused-ring (bicyclic) bond motifs is 1. The first-order valence-corrected chi connectivity index (χ1v) is 6.21. The second-order valence-electron chi connectivity index (χ2n) is 4.99. The normalized spacial score (nSPS) is 17.1. The van der Waals surface area contributed by atoms with Crippen molar-refractivity contribution in [1.29, 1.82) is 0 Å². The number of anilines is 1. The molecule has 0 atom stereocenters. The van der Waals surface area contributed by atoms with Gasteiger partial charge in [-0.15, -0.1) is 12.4 Å². The zero-order valence-electron chi connectivity index (χ0n) is 10.5. The number of amides is 1. The standard InChI is InChI=1S/C13H16N4O.ClH/c14-13(5-1-2-6-13)12(18)16-10-3-4-11-9(7-10)8-15-17-11;/h3-4,7-8H,1-2,5-6,14H2,(H,15,17)(H,16,18);1H. The van der Waals surface area contributed by atoms with Crippen molar-refractivity contribution in [2.75, 3.05) is 5.32 Å². The van der Waals surface area contributed by atoms with Crippen LogP contribution in [0.25, 0.3) is 10.9 Å². The Kier molecular flexibility index (Phi) is 3.78. The molecule has 0 aliphatic heterocycles. The lowest BCUT2D eigenvalue weighted by Crippen LogP contribution is -2.48. The number of carbonyl (C=O) groups excluding carboxylic acids is 1. The lowest BCUT2D eigenvalue weighted by atomic mass is 9.98. The number of benzene rings is 1. The fourth-order valence-electron chi connectivity index (χ4n) is 2.51. The summed E-state index contributed by atoms with van der Waals surface area (Å²) in [7, 11) is 0. The number of hydrogen-bond acceptors (Lipinski definition) is 3. The first-order valence-electron chi connectivity index (χ1n) is 6.21. The molecule has 1 saturated carbocycles. The van der Waals surface area contributed by atoms with E-state index in [4.69, 9.17) is 5.73 Å². The van der Waals surface area contributed by atoms with Crippen molar-refractivity contribution in [3.63, 3.8) is 0 Å². The molecule has 1 aliphatic carbocycles. The molecule has 0 unspecified atom stereocenters. The van der Waals surface area contributed by atoms with Crippen molar-refractivity contribution in [2.45, 2.75) is 31.2 Å². The number of hydrogen-bond donors (Lipinski definition) is 3. The van der Waals surface area contributed by atoms with E-state index in [9.17, 15) is 4.79 Å². The van der Waals surface area contributed by atoms with E-state index in [1.807, 2.05) is 18.2 Å². The van der Waals surface area contributed by atoms with E-state index < -0.39 is 5.54 Å². The number of H-pyrrole nitrogens is 1. The third-order valence-electron chi connectivity index (χ3n) is 3.65. The highest BCUT2D eigenvalue weighted by molar-refractivity contribution is 5.99. The Bertz CT molecular complexity index is 589. The van der Waals surface area contributed by atoms with E-state index >= 15 is 0 Å². The highest BCUT2D eigenvalue weighted by Crippen LogP contribution is 2.28. The summed E-state index contributed by atoms with van der Waals surface area (Å²) in [6.45, 7) is 0. The minimum Gasteiger partial charge on any atom is -0.324 e. The highest BCUT2D eigenvalue weighted by atomic mass is 35.5. The van der Waals surface area contributed by atoms with Gasteiger partial charge in [-0.1, -0.05) is 12.8 Å². The molecule has 4 N–H and O–H groups in total. The Balaban J connectivity index is 0.00000133. The van der Waals surface area contributed by atoms with Gasteiger partial charge >= 0.3 is 0 Å². The zero-order chi connectivity index (χ0) is 12.6. The van der Waals surface area contributed by atoms with Gasteiger partial charge in [0.25, 0.3) is 0 Å². The summed E-state index contributed by atoms with van der Waals surface area (Å²) in [5, 5.41) is 10.7. The van der Waals surface area contributed by atoms with Gasteiger partial charge in [0.15, 0.2) is 0 Å². The summed E-state index contributed by atoms with van der Waals surface area (Å²) in [4.78, 5) is 12.2. The van der Waals surface area contributed by atoms with Crippen molar-refractivity contribution in [3.8, 4) is 0 Å². The van der Waals surface area contributed by atoms with Crippen molar-refractivity contribution >= 4 is 34.9 Å². The van der Waals surface area contributed by atoms with Crippen LogP contribution in [0.15, 0.2) is 24.4 Å². The van der Waals surface area contributed by atoms with Gasteiger partial charge in [-0.2, -0.15) is 5.10 Å². The molecule has 0 spiro atoms. The molecule has 2 aromatic rings. The van der Waals surface area contributed by atoms with Crippen molar-refractivity contribution < 1.29 is 4.79 Å². The number of aromatic amines is 1. The largest absolute Gasteiger partial charge is 0.324 e. The van der Waals surface area contributed by atoms with Gasteiger partial charge in [0.2, 0.25) is 5.91 Å². The zero-order valence-corrected chi connectivity index (χ0v) is 11.3. The van der Waals surface area contributed by atoms with E-state index in [2.05, 4.69) is 15.5 Å². The number of nitrogens with zero attached hydrogens (tertiary/aromatic N) is 1. The van der Waals surface area contributed by atoms with E-state index in [-0.39, 0.29) is 18.3 Å². The minimum atomic E-state index is -0.689. The minimum absolute atomic E-state index is 0. The molecule has 1 aromatic carbocycles. The van der Waals surface area contributed by atoms with Crippen LogP contribution in [0.1, 0.15) is 25.7 Å². The lowest BCUT2D eigenvalue weighted by molar-refractivity contribution is -0.121. The first kappa shape index (κ1) is 13.8. The number of carbonyl (C=O) groups is 1. The number of aromatic nitrogens is 2. The maximum atomic E-state index is 12.2.